The fourth-order valence-corrected chi connectivity index (χ4v) is 1.29. The molecule has 0 spiro atoms. The Labute approximate surface area is 81.0 Å². The van der Waals surface area contributed by atoms with Crippen LogP contribution in [0.25, 0.3) is 5.69 Å². The highest BCUT2D eigenvalue weighted by Crippen LogP contribution is 2.14. The van der Waals surface area contributed by atoms with Gasteiger partial charge in [-0.15, -0.1) is 0 Å². The summed E-state index contributed by atoms with van der Waals surface area (Å²) in [6.45, 7) is 0.348. The second-order valence-electron chi connectivity index (χ2n) is 2.96. The first-order valence-electron chi connectivity index (χ1n) is 4.28. The van der Waals surface area contributed by atoms with Crippen molar-refractivity contribution in [3.05, 3.63) is 48.3 Å². The predicted molar refractivity (Wildman–Crippen MR) is 51.4 cm³/mol. The predicted octanol–water partition coefficient (Wildman–Crippen LogP) is 1.47. The molecule has 0 radical (unpaired) electrons. The van der Waals surface area contributed by atoms with Crippen LogP contribution in [0.15, 0.2) is 36.9 Å². The van der Waals surface area contributed by atoms with Crippen molar-refractivity contribution in [1.29, 1.82) is 0 Å². The lowest BCUT2D eigenvalue weighted by molar-refractivity contribution is 0.615. The van der Waals surface area contributed by atoms with E-state index in [2.05, 4.69) is 4.98 Å². The van der Waals surface area contributed by atoms with Crippen molar-refractivity contribution in [2.24, 2.45) is 5.73 Å². The molecule has 1 aromatic carbocycles. The largest absolute Gasteiger partial charge is 0.326 e. The Hall–Kier alpha value is -1.68. The summed E-state index contributed by atoms with van der Waals surface area (Å²) in [5, 5.41) is 0. The second kappa shape index (κ2) is 3.59. The van der Waals surface area contributed by atoms with Gasteiger partial charge >= 0.3 is 0 Å². The SMILES string of the molecule is NCc1ccc(-n2ccnc2)c(F)c1. The van der Waals surface area contributed by atoms with E-state index in [-0.39, 0.29) is 5.82 Å². The van der Waals surface area contributed by atoms with Gasteiger partial charge in [0.05, 0.1) is 12.0 Å². The van der Waals surface area contributed by atoms with Gasteiger partial charge in [0.2, 0.25) is 0 Å². The highest BCUT2D eigenvalue weighted by molar-refractivity contribution is 5.36. The zero-order valence-corrected chi connectivity index (χ0v) is 7.52. The minimum absolute atomic E-state index is 0.286. The van der Waals surface area contributed by atoms with Crippen molar-refractivity contribution >= 4 is 0 Å². The molecule has 1 aromatic heterocycles. The number of nitrogens with two attached hydrogens (primary N) is 1. The third kappa shape index (κ3) is 1.52. The summed E-state index contributed by atoms with van der Waals surface area (Å²) in [7, 11) is 0. The van der Waals surface area contributed by atoms with Crippen LogP contribution >= 0.6 is 0 Å². The topological polar surface area (TPSA) is 43.8 Å². The Bertz CT molecular complexity index is 423. The zero-order chi connectivity index (χ0) is 9.97. The van der Waals surface area contributed by atoms with Crippen molar-refractivity contribution in [2.45, 2.75) is 6.54 Å². The van der Waals surface area contributed by atoms with Gasteiger partial charge < -0.3 is 10.3 Å². The fraction of sp³-hybridized carbons (Fsp3) is 0.100. The maximum atomic E-state index is 13.5. The van der Waals surface area contributed by atoms with E-state index in [1.807, 2.05) is 0 Å². The van der Waals surface area contributed by atoms with Gasteiger partial charge in [0.1, 0.15) is 5.82 Å². The molecule has 0 saturated carbocycles. The highest BCUT2D eigenvalue weighted by Gasteiger charge is 2.03. The van der Waals surface area contributed by atoms with Gasteiger partial charge in [0.15, 0.2) is 0 Å². The molecule has 0 fully saturated rings. The summed E-state index contributed by atoms with van der Waals surface area (Å²) < 4.78 is 15.1. The fourth-order valence-electron chi connectivity index (χ4n) is 1.29. The molecule has 0 bridgehead atoms. The molecule has 1 heterocycles. The van der Waals surface area contributed by atoms with E-state index in [4.69, 9.17) is 5.73 Å². The summed E-state index contributed by atoms with van der Waals surface area (Å²) in [6.07, 6.45) is 4.86. The van der Waals surface area contributed by atoms with Crippen LogP contribution in [-0.4, -0.2) is 9.55 Å². The Balaban J connectivity index is 2.46. The number of halogens is 1. The van der Waals surface area contributed by atoms with Crippen molar-refractivity contribution in [3.8, 4) is 5.69 Å². The van der Waals surface area contributed by atoms with Gasteiger partial charge in [-0.05, 0) is 17.7 Å². The third-order valence-electron chi connectivity index (χ3n) is 2.03. The third-order valence-corrected chi connectivity index (χ3v) is 2.03. The molecule has 0 unspecified atom stereocenters. The highest BCUT2D eigenvalue weighted by atomic mass is 19.1. The number of nitrogens with zero attached hydrogens (tertiary/aromatic N) is 2. The Morgan fingerprint density at radius 1 is 1.43 bits per heavy atom. The van der Waals surface area contributed by atoms with Crippen LogP contribution in [0, 0.1) is 5.82 Å². The lowest BCUT2D eigenvalue weighted by Gasteiger charge is -2.04. The molecule has 14 heavy (non-hydrogen) atoms. The van der Waals surface area contributed by atoms with Gasteiger partial charge in [-0.25, -0.2) is 9.37 Å². The Morgan fingerprint density at radius 3 is 2.86 bits per heavy atom. The quantitative estimate of drug-likeness (QED) is 0.781. The first-order chi connectivity index (χ1) is 6.81. The molecule has 0 aliphatic rings. The van der Waals surface area contributed by atoms with Crippen LogP contribution < -0.4 is 5.73 Å². The zero-order valence-electron chi connectivity index (χ0n) is 7.52. The van der Waals surface area contributed by atoms with Gasteiger partial charge in [-0.3, -0.25) is 0 Å². The molecular formula is C10H10FN3. The van der Waals surface area contributed by atoms with Gasteiger partial charge in [0.25, 0.3) is 0 Å². The van der Waals surface area contributed by atoms with Crippen molar-refractivity contribution in [1.82, 2.24) is 9.55 Å². The average molecular weight is 191 g/mol. The minimum atomic E-state index is -0.286. The summed E-state index contributed by atoms with van der Waals surface area (Å²) in [5.74, 6) is -0.286. The maximum Gasteiger partial charge on any atom is 0.147 e. The minimum Gasteiger partial charge on any atom is -0.326 e. The van der Waals surface area contributed by atoms with Crippen LogP contribution in [0.3, 0.4) is 0 Å². The number of imidazole rings is 1. The molecule has 2 N–H and O–H groups in total. The number of benzene rings is 1. The number of rotatable bonds is 2. The smallest absolute Gasteiger partial charge is 0.147 e. The molecule has 4 heteroatoms. The molecule has 0 atom stereocenters. The van der Waals surface area contributed by atoms with Crippen LogP contribution in [0.5, 0.6) is 0 Å². The second-order valence-corrected chi connectivity index (χ2v) is 2.96. The van der Waals surface area contributed by atoms with Gasteiger partial charge in [-0.2, -0.15) is 0 Å². The normalized spacial score (nSPS) is 10.4. The number of hydrogen-bond donors (Lipinski definition) is 1. The maximum absolute atomic E-state index is 13.5. The summed E-state index contributed by atoms with van der Waals surface area (Å²) in [6, 6.07) is 4.94. The van der Waals surface area contributed by atoms with E-state index in [0.29, 0.717) is 12.2 Å². The summed E-state index contributed by atoms with van der Waals surface area (Å²) in [4.78, 5) is 3.85. The molecule has 0 aliphatic carbocycles. The van der Waals surface area contributed by atoms with E-state index in [1.54, 1.807) is 35.4 Å². The molecule has 0 saturated heterocycles. The van der Waals surface area contributed by atoms with Crippen molar-refractivity contribution in [2.75, 3.05) is 0 Å². The van der Waals surface area contributed by atoms with Crippen molar-refractivity contribution < 1.29 is 4.39 Å². The molecule has 0 aliphatic heterocycles. The van der Waals surface area contributed by atoms with Crippen LogP contribution in [-0.2, 0) is 6.54 Å². The first-order valence-corrected chi connectivity index (χ1v) is 4.28. The molecule has 2 rings (SSSR count). The van der Waals surface area contributed by atoms with Gasteiger partial charge in [-0.1, -0.05) is 6.07 Å². The molecular weight excluding hydrogens is 181 g/mol. The molecule has 0 amide bonds. The van der Waals surface area contributed by atoms with Gasteiger partial charge in [0, 0.05) is 18.9 Å². The lowest BCUT2D eigenvalue weighted by atomic mass is 10.2. The first kappa shape index (κ1) is 8.90. The Kier molecular flexibility index (Phi) is 2.28. The lowest BCUT2D eigenvalue weighted by Crippen LogP contribution is -2.00. The van der Waals surface area contributed by atoms with E-state index >= 15 is 0 Å². The van der Waals surface area contributed by atoms with E-state index in [0.717, 1.165) is 5.56 Å². The number of hydrogen-bond acceptors (Lipinski definition) is 2. The van der Waals surface area contributed by atoms with Crippen LogP contribution in [0.1, 0.15) is 5.56 Å². The average Bonchev–Trinajstić information content (AvgIpc) is 2.70. The van der Waals surface area contributed by atoms with Crippen LogP contribution in [0.2, 0.25) is 0 Å². The molecule has 2 aromatic rings. The summed E-state index contributed by atoms with van der Waals surface area (Å²) >= 11 is 0. The Morgan fingerprint density at radius 2 is 2.29 bits per heavy atom. The molecule has 3 nitrogen and oxygen atoms in total. The van der Waals surface area contributed by atoms with E-state index in [9.17, 15) is 4.39 Å². The van der Waals surface area contributed by atoms with Crippen molar-refractivity contribution in [3.63, 3.8) is 0 Å². The van der Waals surface area contributed by atoms with E-state index < -0.39 is 0 Å². The standard InChI is InChI=1S/C10H10FN3/c11-9-5-8(6-12)1-2-10(9)14-4-3-13-7-14/h1-5,7H,6,12H2. The summed E-state index contributed by atoms with van der Waals surface area (Å²) in [5.41, 5.74) is 6.67. The van der Waals surface area contributed by atoms with Crippen LogP contribution in [0.4, 0.5) is 4.39 Å². The van der Waals surface area contributed by atoms with E-state index in [1.165, 1.54) is 6.07 Å². The number of aromatic nitrogens is 2. The molecule has 72 valence electrons. The monoisotopic (exact) mass is 191 g/mol.